The van der Waals surface area contributed by atoms with Crippen LogP contribution in [0.5, 0.6) is 0 Å². The van der Waals surface area contributed by atoms with Gasteiger partial charge in [0.05, 0.1) is 12.3 Å². The second-order valence-corrected chi connectivity index (χ2v) is 2.79. The van der Waals surface area contributed by atoms with Gasteiger partial charge in [-0.25, -0.2) is 4.79 Å². The van der Waals surface area contributed by atoms with E-state index in [1.165, 1.54) is 6.08 Å². The molecule has 0 aliphatic carbocycles. The Hall–Kier alpha value is -1.64. The highest BCUT2D eigenvalue weighted by atomic mass is 16.5. The Morgan fingerprint density at radius 1 is 1.57 bits per heavy atom. The first-order valence-electron chi connectivity index (χ1n) is 4.50. The van der Waals surface area contributed by atoms with Crippen LogP contribution in [-0.2, 0) is 9.53 Å². The lowest BCUT2D eigenvalue weighted by atomic mass is 10.2. The van der Waals surface area contributed by atoms with E-state index in [-0.39, 0.29) is 5.97 Å². The molecule has 0 aliphatic heterocycles. The van der Waals surface area contributed by atoms with Gasteiger partial charge in [-0.1, -0.05) is 6.07 Å². The van der Waals surface area contributed by atoms with Gasteiger partial charge >= 0.3 is 5.97 Å². The molecule has 1 aromatic rings. The van der Waals surface area contributed by atoms with Crippen molar-refractivity contribution in [1.29, 1.82) is 0 Å². The molecular formula is C11H13NO2. The van der Waals surface area contributed by atoms with Crippen molar-refractivity contribution in [2.45, 2.75) is 13.8 Å². The fourth-order valence-corrected chi connectivity index (χ4v) is 1.03. The number of hydrogen-bond donors (Lipinski definition) is 0. The standard InChI is InChI=1S/C11H13NO2/c1-3-14-11(13)8-9(2)10-6-4-5-7-12-10/h4-8H,3H2,1-2H3/b9-8-. The van der Waals surface area contributed by atoms with Crippen molar-refractivity contribution in [3.05, 3.63) is 36.2 Å². The minimum Gasteiger partial charge on any atom is -0.463 e. The van der Waals surface area contributed by atoms with Crippen LogP contribution in [0.4, 0.5) is 0 Å². The molecule has 0 bridgehead atoms. The topological polar surface area (TPSA) is 39.2 Å². The van der Waals surface area contributed by atoms with Crippen molar-refractivity contribution in [2.24, 2.45) is 0 Å². The third-order valence-electron chi connectivity index (χ3n) is 1.69. The zero-order valence-corrected chi connectivity index (χ0v) is 8.36. The predicted molar refractivity (Wildman–Crippen MR) is 54.5 cm³/mol. The van der Waals surface area contributed by atoms with Crippen molar-refractivity contribution < 1.29 is 9.53 Å². The molecule has 0 N–H and O–H groups in total. The first kappa shape index (κ1) is 10.4. The van der Waals surface area contributed by atoms with Gasteiger partial charge in [-0.3, -0.25) is 4.98 Å². The Morgan fingerprint density at radius 2 is 2.36 bits per heavy atom. The van der Waals surface area contributed by atoms with Gasteiger partial charge in [0, 0.05) is 12.3 Å². The van der Waals surface area contributed by atoms with Crippen LogP contribution in [0.25, 0.3) is 5.57 Å². The summed E-state index contributed by atoms with van der Waals surface area (Å²) < 4.78 is 4.79. The van der Waals surface area contributed by atoms with Crippen LogP contribution < -0.4 is 0 Å². The van der Waals surface area contributed by atoms with Crippen molar-refractivity contribution in [3.8, 4) is 0 Å². The summed E-state index contributed by atoms with van der Waals surface area (Å²) in [5.41, 5.74) is 1.60. The summed E-state index contributed by atoms with van der Waals surface area (Å²) in [5, 5.41) is 0. The number of ether oxygens (including phenoxy) is 1. The van der Waals surface area contributed by atoms with Crippen LogP contribution in [0.2, 0.25) is 0 Å². The highest BCUT2D eigenvalue weighted by molar-refractivity contribution is 5.90. The second kappa shape index (κ2) is 5.17. The Kier molecular flexibility index (Phi) is 3.85. The van der Waals surface area contributed by atoms with E-state index in [4.69, 9.17) is 4.74 Å². The quantitative estimate of drug-likeness (QED) is 0.542. The molecule has 0 amide bonds. The number of carbonyl (C=O) groups excluding carboxylic acids is 1. The van der Waals surface area contributed by atoms with E-state index in [9.17, 15) is 4.79 Å². The Bertz CT molecular complexity index is 330. The maximum absolute atomic E-state index is 11.1. The molecule has 1 heterocycles. The summed E-state index contributed by atoms with van der Waals surface area (Å²) >= 11 is 0. The molecule has 0 atom stereocenters. The van der Waals surface area contributed by atoms with Crippen LogP contribution in [-0.4, -0.2) is 17.6 Å². The first-order valence-corrected chi connectivity index (χ1v) is 4.50. The Morgan fingerprint density at radius 3 is 2.93 bits per heavy atom. The molecule has 0 fully saturated rings. The van der Waals surface area contributed by atoms with E-state index in [2.05, 4.69) is 4.98 Å². The molecule has 0 unspecified atom stereocenters. The molecule has 0 aromatic carbocycles. The van der Waals surface area contributed by atoms with E-state index in [1.807, 2.05) is 25.1 Å². The van der Waals surface area contributed by atoms with Crippen molar-refractivity contribution in [2.75, 3.05) is 6.61 Å². The third-order valence-corrected chi connectivity index (χ3v) is 1.69. The second-order valence-electron chi connectivity index (χ2n) is 2.79. The zero-order valence-electron chi connectivity index (χ0n) is 8.36. The smallest absolute Gasteiger partial charge is 0.331 e. The number of aromatic nitrogens is 1. The zero-order chi connectivity index (χ0) is 10.4. The van der Waals surface area contributed by atoms with Gasteiger partial charge < -0.3 is 4.74 Å². The number of nitrogens with zero attached hydrogens (tertiary/aromatic N) is 1. The molecule has 0 saturated carbocycles. The van der Waals surface area contributed by atoms with Gasteiger partial charge in [0.1, 0.15) is 0 Å². The van der Waals surface area contributed by atoms with E-state index in [0.717, 1.165) is 11.3 Å². The molecule has 1 rings (SSSR count). The van der Waals surface area contributed by atoms with E-state index < -0.39 is 0 Å². The molecule has 1 aromatic heterocycles. The number of hydrogen-bond acceptors (Lipinski definition) is 3. The average molecular weight is 191 g/mol. The lowest BCUT2D eigenvalue weighted by Crippen LogP contribution is -2.00. The van der Waals surface area contributed by atoms with Crippen LogP contribution in [0, 0.1) is 0 Å². The minimum absolute atomic E-state index is 0.323. The van der Waals surface area contributed by atoms with Gasteiger partial charge in [-0.2, -0.15) is 0 Å². The maximum Gasteiger partial charge on any atom is 0.331 e. The highest BCUT2D eigenvalue weighted by Gasteiger charge is 2.00. The van der Waals surface area contributed by atoms with Crippen LogP contribution >= 0.6 is 0 Å². The first-order chi connectivity index (χ1) is 6.74. The van der Waals surface area contributed by atoms with Crippen molar-refractivity contribution >= 4 is 11.5 Å². The Balaban J connectivity index is 2.75. The van der Waals surface area contributed by atoms with Crippen LogP contribution in [0.1, 0.15) is 19.5 Å². The van der Waals surface area contributed by atoms with Crippen molar-refractivity contribution in [1.82, 2.24) is 4.98 Å². The van der Waals surface area contributed by atoms with Gasteiger partial charge in [-0.05, 0) is 31.6 Å². The van der Waals surface area contributed by atoms with Gasteiger partial charge in [-0.15, -0.1) is 0 Å². The normalized spacial score (nSPS) is 11.1. The summed E-state index contributed by atoms with van der Waals surface area (Å²) in [6.45, 7) is 4.01. The fourth-order valence-electron chi connectivity index (χ4n) is 1.03. The van der Waals surface area contributed by atoms with Gasteiger partial charge in [0.2, 0.25) is 0 Å². The van der Waals surface area contributed by atoms with Crippen LogP contribution in [0.3, 0.4) is 0 Å². The number of pyridine rings is 1. The summed E-state index contributed by atoms with van der Waals surface area (Å²) in [5.74, 6) is -0.323. The minimum atomic E-state index is -0.323. The van der Waals surface area contributed by atoms with Crippen LogP contribution in [0.15, 0.2) is 30.5 Å². The SMILES string of the molecule is CCOC(=O)/C=C(/C)c1ccccn1. The molecule has 74 valence electrons. The predicted octanol–water partition coefficient (Wildman–Crippen LogP) is 2.05. The highest BCUT2D eigenvalue weighted by Crippen LogP contribution is 2.09. The van der Waals surface area contributed by atoms with Gasteiger partial charge in [0.25, 0.3) is 0 Å². The summed E-state index contributed by atoms with van der Waals surface area (Å²) in [7, 11) is 0. The monoisotopic (exact) mass is 191 g/mol. The molecule has 0 radical (unpaired) electrons. The van der Waals surface area contributed by atoms with E-state index in [0.29, 0.717) is 6.61 Å². The lowest BCUT2D eigenvalue weighted by Gasteiger charge is -2.00. The molecule has 3 nitrogen and oxygen atoms in total. The number of esters is 1. The van der Waals surface area contributed by atoms with Gasteiger partial charge in [0.15, 0.2) is 0 Å². The molecule has 0 spiro atoms. The number of carbonyl (C=O) groups is 1. The third kappa shape index (κ3) is 3.01. The molecular weight excluding hydrogens is 178 g/mol. The molecule has 0 aliphatic rings. The van der Waals surface area contributed by atoms with E-state index >= 15 is 0 Å². The largest absolute Gasteiger partial charge is 0.463 e. The summed E-state index contributed by atoms with van der Waals surface area (Å²) in [4.78, 5) is 15.2. The van der Waals surface area contributed by atoms with Crippen molar-refractivity contribution in [3.63, 3.8) is 0 Å². The Labute approximate surface area is 83.4 Å². The fraction of sp³-hybridized carbons (Fsp3) is 0.273. The molecule has 14 heavy (non-hydrogen) atoms. The average Bonchev–Trinajstić information content (AvgIpc) is 2.19. The summed E-state index contributed by atoms with van der Waals surface area (Å²) in [6.07, 6.45) is 3.14. The summed E-state index contributed by atoms with van der Waals surface area (Å²) in [6, 6.07) is 5.57. The lowest BCUT2D eigenvalue weighted by molar-refractivity contribution is -0.137. The molecule has 0 saturated heterocycles. The number of allylic oxidation sites excluding steroid dienone is 1. The number of rotatable bonds is 3. The molecule has 3 heteroatoms. The maximum atomic E-state index is 11.1. The van der Waals surface area contributed by atoms with E-state index in [1.54, 1.807) is 13.1 Å².